The van der Waals surface area contributed by atoms with Crippen LogP contribution in [0.2, 0.25) is 0 Å². The Balaban J connectivity index is 2.96. The van der Waals surface area contributed by atoms with Gasteiger partial charge in [0.25, 0.3) is 0 Å². The van der Waals surface area contributed by atoms with Gasteiger partial charge in [-0.1, -0.05) is 0 Å². The Bertz CT molecular complexity index is 517. The first-order valence-corrected chi connectivity index (χ1v) is 7.01. The smallest absolute Gasteiger partial charge is 0.240 e. The molecule has 0 atom stereocenters. The minimum Gasteiger partial charge on any atom is -0.496 e. The molecule has 0 aliphatic rings. The van der Waals surface area contributed by atoms with E-state index >= 15 is 0 Å². The van der Waals surface area contributed by atoms with E-state index in [-0.39, 0.29) is 11.4 Å². The van der Waals surface area contributed by atoms with Crippen LogP contribution in [0.5, 0.6) is 5.75 Å². The zero-order chi connectivity index (χ0) is 14.0. The monoisotopic (exact) mass is 273 g/mol. The molecule has 2 N–H and O–H groups in total. The Hall–Kier alpha value is -1.11. The average Bonchev–Trinajstić information content (AvgIpc) is 2.25. The summed E-state index contributed by atoms with van der Waals surface area (Å²) < 4.78 is 31.4. The topological polar surface area (TPSA) is 75.6 Å². The van der Waals surface area contributed by atoms with Crippen LogP contribution in [-0.2, 0) is 10.0 Å². The molecule has 0 unspecified atom stereocenters. The van der Waals surface area contributed by atoms with E-state index in [0.29, 0.717) is 5.75 Å². The Labute approximate surface area is 108 Å². The molecule has 0 spiro atoms. The van der Waals surface area contributed by atoms with Gasteiger partial charge in [-0.3, -0.25) is 0 Å². The van der Waals surface area contributed by atoms with Gasteiger partial charge in [-0.15, -0.1) is 0 Å². The number of rotatable bonds is 5. The minimum atomic E-state index is -3.61. The van der Waals surface area contributed by atoms with Crippen molar-refractivity contribution in [1.82, 2.24) is 4.72 Å². The summed E-state index contributed by atoms with van der Waals surface area (Å²) in [7, 11) is -2.08. The van der Waals surface area contributed by atoms with Gasteiger partial charge in [-0.2, -0.15) is 0 Å². The van der Waals surface area contributed by atoms with E-state index in [2.05, 4.69) is 4.72 Å². The van der Waals surface area contributed by atoms with E-state index in [1.54, 1.807) is 13.0 Å². The van der Waals surface area contributed by atoms with Crippen molar-refractivity contribution in [3.63, 3.8) is 0 Å². The molecule has 18 heavy (non-hydrogen) atoms. The molecule has 0 heterocycles. The highest BCUT2D eigenvalue weighted by molar-refractivity contribution is 7.89. The Morgan fingerprint density at radius 3 is 2.44 bits per heavy atom. The van der Waals surface area contributed by atoms with Crippen LogP contribution >= 0.6 is 0 Å². The molecule has 0 aromatic heterocycles. The van der Waals surface area contributed by atoms with Crippen LogP contribution in [-0.4, -0.2) is 32.8 Å². The maximum absolute atomic E-state index is 12.0. The van der Waals surface area contributed by atoms with Crippen LogP contribution < -0.4 is 9.46 Å². The van der Waals surface area contributed by atoms with Gasteiger partial charge < -0.3 is 9.84 Å². The van der Waals surface area contributed by atoms with Crippen LogP contribution in [0.25, 0.3) is 0 Å². The van der Waals surface area contributed by atoms with Crippen molar-refractivity contribution in [3.05, 3.63) is 23.8 Å². The maximum Gasteiger partial charge on any atom is 0.240 e. The minimum absolute atomic E-state index is 0.0413. The van der Waals surface area contributed by atoms with Crippen molar-refractivity contribution >= 4 is 10.0 Å². The maximum atomic E-state index is 12.0. The highest BCUT2D eigenvalue weighted by Crippen LogP contribution is 2.21. The van der Waals surface area contributed by atoms with Crippen LogP contribution in [0.1, 0.15) is 19.4 Å². The number of hydrogen-bond donors (Lipinski definition) is 2. The molecule has 102 valence electrons. The fourth-order valence-corrected chi connectivity index (χ4v) is 2.66. The zero-order valence-corrected chi connectivity index (χ0v) is 11.8. The van der Waals surface area contributed by atoms with Crippen LogP contribution in [0.4, 0.5) is 0 Å². The van der Waals surface area contributed by atoms with Gasteiger partial charge in [-0.05, 0) is 44.5 Å². The van der Waals surface area contributed by atoms with Gasteiger partial charge in [0, 0.05) is 6.54 Å². The van der Waals surface area contributed by atoms with Gasteiger partial charge in [-0.25, -0.2) is 13.1 Å². The molecule has 0 amide bonds. The number of ether oxygens (including phenoxy) is 1. The summed E-state index contributed by atoms with van der Waals surface area (Å²) in [6.45, 7) is 4.80. The van der Waals surface area contributed by atoms with E-state index < -0.39 is 15.6 Å². The molecule has 0 fully saturated rings. The number of nitrogens with one attached hydrogen (secondary N) is 1. The predicted octanol–water partition coefficient (Wildman–Crippen LogP) is 1.05. The number of hydrogen-bond acceptors (Lipinski definition) is 4. The fraction of sp³-hybridized carbons (Fsp3) is 0.500. The SMILES string of the molecule is COc1ccc(S(=O)(=O)NCC(C)(C)O)cc1C. The Morgan fingerprint density at radius 1 is 1.39 bits per heavy atom. The number of aryl methyl sites for hydroxylation is 1. The summed E-state index contributed by atoms with van der Waals surface area (Å²) in [6, 6.07) is 4.61. The van der Waals surface area contributed by atoms with Crippen molar-refractivity contribution in [2.24, 2.45) is 0 Å². The first kappa shape index (κ1) is 14.9. The second kappa shape index (κ2) is 5.26. The second-order valence-electron chi connectivity index (χ2n) is 4.77. The third-order valence-electron chi connectivity index (χ3n) is 2.37. The molecule has 1 aromatic rings. The summed E-state index contributed by atoms with van der Waals surface area (Å²) >= 11 is 0. The summed E-state index contributed by atoms with van der Waals surface area (Å²) in [5, 5.41) is 9.52. The van der Waals surface area contributed by atoms with Crippen LogP contribution in [0.3, 0.4) is 0 Å². The largest absolute Gasteiger partial charge is 0.496 e. The van der Waals surface area contributed by atoms with Crippen molar-refractivity contribution < 1.29 is 18.3 Å². The third-order valence-corrected chi connectivity index (χ3v) is 3.77. The standard InChI is InChI=1S/C12H19NO4S/c1-9-7-10(5-6-11(9)17-4)18(15,16)13-8-12(2,3)14/h5-7,13-14H,8H2,1-4H3. The molecule has 1 rings (SSSR count). The molecular formula is C12H19NO4S. The third kappa shape index (κ3) is 3.97. The Kier molecular flexibility index (Phi) is 4.37. The molecule has 5 nitrogen and oxygen atoms in total. The number of methoxy groups -OCH3 is 1. The van der Waals surface area contributed by atoms with Gasteiger partial charge in [0.1, 0.15) is 5.75 Å². The lowest BCUT2D eigenvalue weighted by molar-refractivity contribution is 0.0857. The molecule has 0 aliphatic carbocycles. The summed E-state index contributed by atoms with van der Waals surface area (Å²) in [5.74, 6) is 0.636. The zero-order valence-electron chi connectivity index (χ0n) is 11.0. The molecule has 0 saturated carbocycles. The van der Waals surface area contributed by atoms with Crippen molar-refractivity contribution in [2.45, 2.75) is 31.3 Å². The summed E-state index contributed by atoms with van der Waals surface area (Å²) in [4.78, 5) is 0.157. The Morgan fingerprint density at radius 2 is 2.00 bits per heavy atom. The predicted molar refractivity (Wildman–Crippen MR) is 69.2 cm³/mol. The van der Waals surface area contributed by atoms with Crippen molar-refractivity contribution in [1.29, 1.82) is 0 Å². The molecule has 0 saturated heterocycles. The number of aliphatic hydroxyl groups is 1. The lowest BCUT2D eigenvalue weighted by atomic mass is 10.1. The first-order valence-electron chi connectivity index (χ1n) is 5.52. The van der Waals surface area contributed by atoms with Gasteiger partial charge in [0.15, 0.2) is 0 Å². The molecule has 0 bridgehead atoms. The van der Waals surface area contributed by atoms with Gasteiger partial charge >= 0.3 is 0 Å². The van der Waals surface area contributed by atoms with Crippen molar-refractivity contribution in [2.75, 3.05) is 13.7 Å². The van der Waals surface area contributed by atoms with Gasteiger partial charge in [0.2, 0.25) is 10.0 Å². The summed E-state index contributed by atoms with van der Waals surface area (Å²) in [5.41, 5.74) is -0.349. The number of sulfonamides is 1. The molecular weight excluding hydrogens is 254 g/mol. The lowest BCUT2D eigenvalue weighted by Crippen LogP contribution is -2.38. The van der Waals surface area contributed by atoms with Gasteiger partial charge in [0.05, 0.1) is 17.6 Å². The van der Waals surface area contributed by atoms with Crippen molar-refractivity contribution in [3.8, 4) is 5.75 Å². The van der Waals surface area contributed by atoms with E-state index in [9.17, 15) is 13.5 Å². The van der Waals surface area contributed by atoms with E-state index in [1.807, 2.05) is 0 Å². The van der Waals surface area contributed by atoms with Crippen LogP contribution in [0, 0.1) is 6.92 Å². The molecule has 1 aromatic carbocycles. The second-order valence-corrected chi connectivity index (χ2v) is 6.54. The molecule has 6 heteroatoms. The normalized spacial score (nSPS) is 12.5. The highest BCUT2D eigenvalue weighted by Gasteiger charge is 2.20. The first-order chi connectivity index (χ1) is 8.15. The lowest BCUT2D eigenvalue weighted by Gasteiger charge is -2.18. The quantitative estimate of drug-likeness (QED) is 0.841. The van der Waals surface area contributed by atoms with E-state index in [0.717, 1.165) is 5.56 Å². The average molecular weight is 273 g/mol. The molecule has 0 aliphatic heterocycles. The number of benzene rings is 1. The summed E-state index contributed by atoms with van der Waals surface area (Å²) in [6.07, 6.45) is 0. The highest BCUT2D eigenvalue weighted by atomic mass is 32.2. The van der Waals surface area contributed by atoms with E-state index in [1.165, 1.54) is 33.1 Å². The van der Waals surface area contributed by atoms with E-state index in [4.69, 9.17) is 4.74 Å². The molecule has 0 radical (unpaired) electrons. The fourth-order valence-electron chi connectivity index (χ4n) is 1.37. The van der Waals surface area contributed by atoms with Crippen LogP contribution in [0.15, 0.2) is 23.1 Å².